The molecule has 2 aromatic rings. The van der Waals surface area contributed by atoms with Crippen molar-refractivity contribution in [2.75, 3.05) is 5.32 Å². The molecule has 0 aliphatic rings. The lowest BCUT2D eigenvalue weighted by atomic mass is 10.2. The summed E-state index contributed by atoms with van der Waals surface area (Å²) in [5.74, 6) is 0. The van der Waals surface area contributed by atoms with Crippen LogP contribution >= 0.6 is 15.9 Å². The summed E-state index contributed by atoms with van der Waals surface area (Å²) < 4.78 is 0.964. The zero-order valence-electron chi connectivity index (χ0n) is 10.9. The number of hydrogen-bond acceptors (Lipinski definition) is 2. The number of nitrogens with one attached hydrogen (secondary N) is 2. The van der Waals surface area contributed by atoms with Crippen LogP contribution in [-0.4, -0.2) is 12.2 Å². The Morgan fingerprint density at radius 1 is 1.20 bits per heavy atom. The summed E-state index contributed by atoms with van der Waals surface area (Å²) in [6, 6.07) is 14.8. The number of hydrogen-bond donors (Lipinski definition) is 2. The number of carbonyl (C=O) groups excluding carboxylic acids is 1. The van der Waals surface area contributed by atoms with Crippen LogP contribution in [0.15, 0.2) is 58.1 Å². The minimum Gasteiger partial charge on any atom is -0.306 e. The second kappa shape index (κ2) is 6.86. The van der Waals surface area contributed by atoms with Crippen molar-refractivity contribution in [3.8, 4) is 0 Å². The first-order valence-corrected chi connectivity index (χ1v) is 6.86. The molecule has 0 bridgehead atoms. The van der Waals surface area contributed by atoms with Crippen molar-refractivity contribution in [3.63, 3.8) is 0 Å². The van der Waals surface area contributed by atoms with Gasteiger partial charge in [-0.25, -0.2) is 10.2 Å². The Balaban J connectivity index is 1.91. The molecule has 0 aliphatic carbocycles. The molecule has 0 fully saturated rings. The predicted octanol–water partition coefficient (Wildman–Crippen LogP) is 3.91. The maximum absolute atomic E-state index is 11.7. The van der Waals surface area contributed by atoms with Gasteiger partial charge in [0, 0.05) is 10.2 Å². The summed E-state index contributed by atoms with van der Waals surface area (Å²) in [6.07, 6.45) is 1.59. The van der Waals surface area contributed by atoms with Crippen LogP contribution in [0, 0.1) is 6.92 Å². The van der Waals surface area contributed by atoms with Crippen LogP contribution in [-0.2, 0) is 0 Å². The summed E-state index contributed by atoms with van der Waals surface area (Å²) in [4.78, 5) is 11.7. The summed E-state index contributed by atoms with van der Waals surface area (Å²) in [5, 5.41) is 6.64. The first kappa shape index (κ1) is 14.3. The number of hydrazone groups is 1. The van der Waals surface area contributed by atoms with Crippen molar-refractivity contribution in [1.29, 1.82) is 0 Å². The number of benzene rings is 2. The van der Waals surface area contributed by atoms with E-state index in [1.165, 1.54) is 0 Å². The Morgan fingerprint density at radius 3 is 2.75 bits per heavy atom. The second-order valence-corrected chi connectivity index (χ2v) is 5.11. The lowest BCUT2D eigenvalue weighted by Gasteiger charge is -2.06. The van der Waals surface area contributed by atoms with Crippen LogP contribution in [0.1, 0.15) is 11.1 Å². The van der Waals surface area contributed by atoms with Crippen LogP contribution in [0.3, 0.4) is 0 Å². The number of para-hydroxylation sites is 1. The highest BCUT2D eigenvalue weighted by molar-refractivity contribution is 9.10. The van der Waals surface area contributed by atoms with Crippen molar-refractivity contribution in [2.45, 2.75) is 6.92 Å². The second-order valence-electron chi connectivity index (χ2n) is 4.19. The highest BCUT2D eigenvalue weighted by Crippen LogP contribution is 2.12. The Bertz CT molecular complexity index is 641. The average molecular weight is 332 g/mol. The van der Waals surface area contributed by atoms with Gasteiger partial charge in [0.2, 0.25) is 0 Å². The lowest BCUT2D eigenvalue weighted by Crippen LogP contribution is -2.24. The molecule has 0 radical (unpaired) electrons. The summed E-state index contributed by atoms with van der Waals surface area (Å²) in [7, 11) is 0. The van der Waals surface area contributed by atoms with Crippen LogP contribution in [0.25, 0.3) is 0 Å². The zero-order valence-corrected chi connectivity index (χ0v) is 12.5. The molecule has 0 atom stereocenters. The van der Waals surface area contributed by atoms with E-state index in [2.05, 4.69) is 31.8 Å². The molecule has 102 valence electrons. The highest BCUT2D eigenvalue weighted by Gasteiger charge is 2.01. The fourth-order valence-electron chi connectivity index (χ4n) is 1.62. The van der Waals surface area contributed by atoms with Gasteiger partial charge in [-0.3, -0.25) is 0 Å². The van der Waals surface area contributed by atoms with E-state index in [1.54, 1.807) is 6.21 Å². The van der Waals surface area contributed by atoms with E-state index in [-0.39, 0.29) is 6.03 Å². The average Bonchev–Trinajstić information content (AvgIpc) is 2.41. The number of nitrogens with zero attached hydrogens (tertiary/aromatic N) is 1. The van der Waals surface area contributed by atoms with Gasteiger partial charge in [-0.2, -0.15) is 5.10 Å². The molecule has 2 N–H and O–H groups in total. The van der Waals surface area contributed by atoms with Crippen molar-refractivity contribution in [3.05, 3.63) is 64.1 Å². The third kappa shape index (κ3) is 4.20. The Morgan fingerprint density at radius 2 is 2.00 bits per heavy atom. The van der Waals surface area contributed by atoms with Crippen LogP contribution in [0.2, 0.25) is 0 Å². The molecule has 0 spiro atoms. The Hall–Kier alpha value is -2.14. The molecule has 0 aliphatic heterocycles. The van der Waals surface area contributed by atoms with Crippen molar-refractivity contribution in [1.82, 2.24) is 5.43 Å². The molecular formula is C15H14BrN3O. The zero-order chi connectivity index (χ0) is 14.4. The number of anilines is 1. The largest absolute Gasteiger partial charge is 0.339 e. The topological polar surface area (TPSA) is 53.5 Å². The number of halogens is 1. The molecule has 0 unspecified atom stereocenters. The number of urea groups is 1. The smallest absolute Gasteiger partial charge is 0.306 e. The van der Waals surface area contributed by atoms with E-state index in [0.717, 1.165) is 21.3 Å². The van der Waals surface area contributed by atoms with Gasteiger partial charge < -0.3 is 5.32 Å². The fourth-order valence-corrected chi connectivity index (χ4v) is 2.03. The molecule has 5 heteroatoms. The maximum Gasteiger partial charge on any atom is 0.339 e. The van der Waals surface area contributed by atoms with Crippen LogP contribution < -0.4 is 10.7 Å². The molecule has 0 heterocycles. The van der Waals surface area contributed by atoms with E-state index >= 15 is 0 Å². The molecule has 2 rings (SSSR count). The minimum absolute atomic E-state index is 0.370. The van der Waals surface area contributed by atoms with E-state index in [0.29, 0.717) is 0 Å². The Labute approximate surface area is 126 Å². The Kier molecular flexibility index (Phi) is 4.90. The van der Waals surface area contributed by atoms with Gasteiger partial charge in [-0.1, -0.05) is 46.3 Å². The monoisotopic (exact) mass is 331 g/mol. The van der Waals surface area contributed by atoms with Gasteiger partial charge in [0.05, 0.1) is 6.21 Å². The standard InChI is InChI=1S/C15H14BrN3O/c1-11-5-2-3-8-14(11)18-15(20)19-17-10-12-6-4-7-13(16)9-12/h2-10H,1H3,(H2,18,19,20)/b17-10-. The molecule has 0 saturated heterocycles. The molecule has 0 saturated carbocycles. The molecule has 2 amide bonds. The van der Waals surface area contributed by atoms with E-state index in [1.807, 2.05) is 55.5 Å². The molecule has 20 heavy (non-hydrogen) atoms. The van der Waals surface area contributed by atoms with Crippen molar-refractivity contribution < 1.29 is 4.79 Å². The summed E-state index contributed by atoms with van der Waals surface area (Å²) in [6.45, 7) is 1.93. The molecule has 0 aromatic heterocycles. The van der Waals surface area contributed by atoms with E-state index in [9.17, 15) is 4.79 Å². The molecule has 2 aromatic carbocycles. The first-order chi connectivity index (χ1) is 9.65. The molecule has 4 nitrogen and oxygen atoms in total. The van der Waals surface area contributed by atoms with Gasteiger partial charge in [0.15, 0.2) is 0 Å². The normalized spacial score (nSPS) is 10.5. The maximum atomic E-state index is 11.7. The number of aryl methyl sites for hydroxylation is 1. The van der Waals surface area contributed by atoms with Gasteiger partial charge in [-0.05, 0) is 36.2 Å². The molecular weight excluding hydrogens is 318 g/mol. The summed E-state index contributed by atoms with van der Waals surface area (Å²) >= 11 is 3.37. The van der Waals surface area contributed by atoms with E-state index in [4.69, 9.17) is 0 Å². The quantitative estimate of drug-likeness (QED) is 0.650. The van der Waals surface area contributed by atoms with Crippen molar-refractivity contribution in [2.24, 2.45) is 5.10 Å². The van der Waals surface area contributed by atoms with E-state index < -0.39 is 0 Å². The minimum atomic E-state index is -0.370. The first-order valence-electron chi connectivity index (χ1n) is 6.06. The fraction of sp³-hybridized carbons (Fsp3) is 0.0667. The lowest BCUT2D eigenvalue weighted by molar-refractivity contribution is 0.252. The summed E-state index contributed by atoms with van der Waals surface area (Å²) in [5.41, 5.74) is 5.09. The van der Waals surface area contributed by atoms with Gasteiger partial charge in [0.1, 0.15) is 0 Å². The van der Waals surface area contributed by atoms with Gasteiger partial charge >= 0.3 is 6.03 Å². The number of amides is 2. The highest BCUT2D eigenvalue weighted by atomic mass is 79.9. The van der Waals surface area contributed by atoms with Crippen molar-refractivity contribution >= 4 is 33.9 Å². The SMILES string of the molecule is Cc1ccccc1NC(=O)N/N=C\c1cccc(Br)c1. The van der Waals surface area contributed by atoms with Crippen LogP contribution in [0.4, 0.5) is 10.5 Å². The van der Waals surface area contributed by atoms with Crippen LogP contribution in [0.5, 0.6) is 0 Å². The third-order valence-electron chi connectivity index (χ3n) is 2.62. The van der Waals surface area contributed by atoms with Gasteiger partial charge in [0.25, 0.3) is 0 Å². The third-order valence-corrected chi connectivity index (χ3v) is 3.11. The number of carbonyl (C=O) groups is 1. The predicted molar refractivity (Wildman–Crippen MR) is 85.1 cm³/mol. The van der Waals surface area contributed by atoms with Gasteiger partial charge in [-0.15, -0.1) is 0 Å². The number of rotatable bonds is 3.